The fourth-order valence-corrected chi connectivity index (χ4v) is 2.27. The van der Waals surface area contributed by atoms with Crippen LogP contribution in [-0.2, 0) is 11.2 Å². The Kier molecular flexibility index (Phi) is 3.87. The van der Waals surface area contributed by atoms with E-state index in [0.29, 0.717) is 6.61 Å². The molecule has 0 saturated heterocycles. The molecule has 0 fully saturated rings. The van der Waals surface area contributed by atoms with Gasteiger partial charge in [-0.1, -0.05) is 6.92 Å². The summed E-state index contributed by atoms with van der Waals surface area (Å²) < 4.78 is 7.77. The van der Waals surface area contributed by atoms with Crippen molar-refractivity contribution in [1.29, 1.82) is 0 Å². The molecular weight excluding hydrogens is 226 g/mol. The molecule has 2 rings (SSSR count). The zero-order chi connectivity index (χ0) is 13.1. The number of benzene rings is 1. The van der Waals surface area contributed by atoms with Crippen molar-refractivity contribution in [3.8, 4) is 0 Å². The van der Waals surface area contributed by atoms with Gasteiger partial charge in [0, 0.05) is 18.7 Å². The maximum atomic E-state index is 5.81. The molecule has 1 aromatic heterocycles. The summed E-state index contributed by atoms with van der Waals surface area (Å²) >= 11 is 0. The van der Waals surface area contributed by atoms with E-state index in [0.717, 1.165) is 35.6 Å². The molecule has 0 amide bonds. The highest BCUT2D eigenvalue weighted by Gasteiger charge is 2.14. The second-order valence-corrected chi connectivity index (χ2v) is 4.51. The first-order valence-electron chi connectivity index (χ1n) is 6.51. The third-order valence-electron chi connectivity index (χ3n) is 3.11. The zero-order valence-corrected chi connectivity index (χ0v) is 11.3. The highest BCUT2D eigenvalue weighted by molar-refractivity contribution is 5.79. The van der Waals surface area contributed by atoms with Crippen molar-refractivity contribution >= 4 is 16.7 Å². The van der Waals surface area contributed by atoms with Gasteiger partial charge >= 0.3 is 0 Å². The molecule has 0 aliphatic heterocycles. The molecule has 0 bridgehead atoms. The molecule has 4 heteroatoms. The Morgan fingerprint density at radius 1 is 1.39 bits per heavy atom. The average Bonchev–Trinajstić information content (AvgIpc) is 2.73. The lowest BCUT2D eigenvalue weighted by atomic mass is 10.2. The fourth-order valence-electron chi connectivity index (χ4n) is 2.27. The molecule has 1 heterocycles. The molecule has 0 spiro atoms. The van der Waals surface area contributed by atoms with Crippen molar-refractivity contribution < 1.29 is 4.74 Å². The van der Waals surface area contributed by atoms with E-state index in [9.17, 15) is 0 Å². The van der Waals surface area contributed by atoms with Gasteiger partial charge in [-0.05, 0) is 32.0 Å². The summed E-state index contributed by atoms with van der Waals surface area (Å²) in [4.78, 5) is 4.65. The molecule has 1 aromatic carbocycles. The summed E-state index contributed by atoms with van der Waals surface area (Å²) in [6, 6.07) is 6.18. The highest BCUT2D eigenvalue weighted by Crippen LogP contribution is 2.23. The van der Waals surface area contributed by atoms with E-state index in [4.69, 9.17) is 10.5 Å². The Morgan fingerprint density at radius 2 is 2.17 bits per heavy atom. The number of aromatic nitrogens is 2. The van der Waals surface area contributed by atoms with Crippen LogP contribution in [0.4, 0.5) is 5.69 Å². The second kappa shape index (κ2) is 5.40. The summed E-state index contributed by atoms with van der Waals surface area (Å²) in [7, 11) is 0. The predicted molar refractivity (Wildman–Crippen MR) is 74.7 cm³/mol. The quantitative estimate of drug-likeness (QED) is 0.827. The van der Waals surface area contributed by atoms with Gasteiger partial charge in [0.1, 0.15) is 5.82 Å². The van der Waals surface area contributed by atoms with Crippen molar-refractivity contribution in [1.82, 2.24) is 9.55 Å². The van der Waals surface area contributed by atoms with Crippen LogP contribution in [0.1, 0.15) is 32.6 Å². The number of nitrogens with zero attached hydrogens (tertiary/aromatic N) is 2. The molecule has 0 aliphatic rings. The maximum Gasteiger partial charge on any atom is 0.109 e. The second-order valence-electron chi connectivity index (χ2n) is 4.51. The van der Waals surface area contributed by atoms with Crippen LogP contribution in [0, 0.1) is 0 Å². The number of imidazole rings is 1. The minimum atomic E-state index is 0.286. The molecule has 0 radical (unpaired) electrons. The number of hydrogen-bond acceptors (Lipinski definition) is 3. The van der Waals surface area contributed by atoms with E-state index in [2.05, 4.69) is 23.4 Å². The van der Waals surface area contributed by atoms with Crippen LogP contribution in [0.2, 0.25) is 0 Å². The van der Waals surface area contributed by atoms with E-state index in [-0.39, 0.29) is 6.04 Å². The molecule has 98 valence electrons. The average molecular weight is 247 g/mol. The van der Waals surface area contributed by atoms with Gasteiger partial charge in [-0.3, -0.25) is 0 Å². The van der Waals surface area contributed by atoms with E-state index < -0.39 is 0 Å². The molecule has 2 N–H and O–H groups in total. The van der Waals surface area contributed by atoms with Gasteiger partial charge in [0.2, 0.25) is 0 Å². The standard InChI is InChI=1S/C14H21N3O/c1-4-14-16-12-8-11(15)6-7-13(12)17(14)10(3)9-18-5-2/h6-8,10H,4-5,9,15H2,1-3H3. The highest BCUT2D eigenvalue weighted by atomic mass is 16.5. The van der Waals surface area contributed by atoms with E-state index in [1.165, 1.54) is 0 Å². The van der Waals surface area contributed by atoms with Crippen molar-refractivity contribution in [2.45, 2.75) is 33.2 Å². The Balaban J connectivity index is 2.46. The lowest BCUT2D eigenvalue weighted by molar-refractivity contribution is 0.119. The summed E-state index contributed by atoms with van der Waals surface area (Å²) in [5, 5.41) is 0. The molecule has 0 aliphatic carbocycles. The third-order valence-corrected chi connectivity index (χ3v) is 3.11. The first-order chi connectivity index (χ1) is 8.67. The molecule has 18 heavy (non-hydrogen) atoms. The van der Waals surface area contributed by atoms with Gasteiger partial charge in [0.05, 0.1) is 23.7 Å². The third kappa shape index (κ3) is 2.34. The Morgan fingerprint density at radius 3 is 2.83 bits per heavy atom. The van der Waals surface area contributed by atoms with Crippen LogP contribution >= 0.6 is 0 Å². The predicted octanol–water partition coefficient (Wildman–Crippen LogP) is 2.78. The molecule has 0 saturated carbocycles. The van der Waals surface area contributed by atoms with Crippen LogP contribution in [0.5, 0.6) is 0 Å². The summed E-state index contributed by atoms with van der Waals surface area (Å²) in [6.07, 6.45) is 0.908. The lowest BCUT2D eigenvalue weighted by Crippen LogP contribution is -2.14. The summed E-state index contributed by atoms with van der Waals surface area (Å²) in [5.41, 5.74) is 8.66. The number of anilines is 1. The number of ether oxygens (including phenoxy) is 1. The largest absolute Gasteiger partial charge is 0.399 e. The Hall–Kier alpha value is -1.55. The Labute approximate surface area is 108 Å². The van der Waals surface area contributed by atoms with E-state index in [1.54, 1.807) is 0 Å². The number of aryl methyl sites for hydroxylation is 1. The molecule has 2 aromatic rings. The summed E-state index contributed by atoms with van der Waals surface area (Å²) in [5.74, 6) is 1.09. The van der Waals surface area contributed by atoms with Crippen molar-refractivity contribution in [3.05, 3.63) is 24.0 Å². The zero-order valence-electron chi connectivity index (χ0n) is 11.3. The lowest BCUT2D eigenvalue weighted by Gasteiger charge is -2.17. The molecular formula is C14H21N3O. The number of nitrogens with two attached hydrogens (primary N) is 1. The Bertz CT molecular complexity index is 533. The number of hydrogen-bond donors (Lipinski definition) is 1. The molecule has 1 atom stereocenters. The normalized spacial score (nSPS) is 13.1. The van der Waals surface area contributed by atoms with Gasteiger partial charge in [0.15, 0.2) is 0 Å². The van der Waals surface area contributed by atoms with Gasteiger partial charge in [-0.25, -0.2) is 4.98 Å². The van der Waals surface area contributed by atoms with Crippen LogP contribution in [-0.4, -0.2) is 22.8 Å². The number of rotatable bonds is 5. The van der Waals surface area contributed by atoms with Gasteiger partial charge in [0.25, 0.3) is 0 Å². The first kappa shape index (κ1) is 12.9. The minimum absolute atomic E-state index is 0.286. The first-order valence-corrected chi connectivity index (χ1v) is 6.51. The minimum Gasteiger partial charge on any atom is -0.399 e. The van der Waals surface area contributed by atoms with Crippen molar-refractivity contribution in [3.63, 3.8) is 0 Å². The fraction of sp³-hybridized carbons (Fsp3) is 0.500. The van der Waals surface area contributed by atoms with Crippen LogP contribution in [0.3, 0.4) is 0 Å². The van der Waals surface area contributed by atoms with E-state index in [1.807, 2.05) is 25.1 Å². The molecule has 1 unspecified atom stereocenters. The van der Waals surface area contributed by atoms with E-state index >= 15 is 0 Å². The topological polar surface area (TPSA) is 53.1 Å². The number of fused-ring (bicyclic) bond motifs is 1. The maximum absolute atomic E-state index is 5.81. The smallest absolute Gasteiger partial charge is 0.109 e. The van der Waals surface area contributed by atoms with Crippen LogP contribution < -0.4 is 5.73 Å². The van der Waals surface area contributed by atoms with Crippen molar-refractivity contribution in [2.75, 3.05) is 18.9 Å². The van der Waals surface area contributed by atoms with Gasteiger partial charge in [-0.2, -0.15) is 0 Å². The monoisotopic (exact) mass is 247 g/mol. The van der Waals surface area contributed by atoms with Gasteiger partial charge < -0.3 is 15.0 Å². The van der Waals surface area contributed by atoms with Gasteiger partial charge in [-0.15, -0.1) is 0 Å². The van der Waals surface area contributed by atoms with Crippen LogP contribution in [0.25, 0.3) is 11.0 Å². The summed E-state index contributed by atoms with van der Waals surface area (Å²) in [6.45, 7) is 7.74. The SMILES string of the molecule is CCOCC(C)n1c(CC)nc2cc(N)ccc21. The molecule has 4 nitrogen and oxygen atoms in total. The van der Waals surface area contributed by atoms with Crippen molar-refractivity contribution in [2.24, 2.45) is 0 Å². The van der Waals surface area contributed by atoms with Crippen LogP contribution in [0.15, 0.2) is 18.2 Å². The number of nitrogen functional groups attached to an aromatic ring is 1.